The van der Waals surface area contributed by atoms with E-state index in [1.807, 2.05) is 18.2 Å². The Morgan fingerprint density at radius 2 is 0.897 bits per heavy atom. The van der Waals surface area contributed by atoms with Gasteiger partial charge in [-0.25, -0.2) is 0 Å². The number of hydrogen-bond acceptors (Lipinski definition) is 1. The largest absolute Gasteiger partial charge is 0.310 e. The molecule has 1 unspecified atom stereocenters. The van der Waals surface area contributed by atoms with Crippen molar-refractivity contribution >= 4 is 50.0 Å². The third kappa shape index (κ3) is 3.98. The summed E-state index contributed by atoms with van der Waals surface area (Å²) in [6.45, 7) is 2.10. The topological polar surface area (TPSA) is 23.9 Å². The first-order chi connectivity index (χ1) is 19.1. The van der Waals surface area contributed by atoms with Gasteiger partial charge in [0.15, 0.2) is 0 Å². The minimum absolute atomic E-state index is 1.10. The Kier molecular flexibility index (Phi) is 5.69. The summed E-state index contributed by atoms with van der Waals surface area (Å²) in [7, 11) is -2.25. The van der Waals surface area contributed by atoms with Gasteiger partial charge in [-0.3, -0.25) is 0 Å². The number of rotatable bonds is 4. The summed E-state index contributed by atoms with van der Waals surface area (Å²) in [6.07, 6.45) is 0. The second-order valence-electron chi connectivity index (χ2n) is 10.3. The maximum absolute atomic E-state index is 9.42. The van der Waals surface area contributed by atoms with Crippen LogP contribution in [-0.4, -0.2) is 6.66 Å². The lowest BCUT2D eigenvalue weighted by atomic mass is 9.85. The van der Waals surface area contributed by atoms with Crippen LogP contribution in [0.3, 0.4) is 0 Å². The molecule has 7 aromatic rings. The Labute approximate surface area is 229 Å². The molecule has 0 radical (unpaired) electrons. The van der Waals surface area contributed by atoms with E-state index in [4.69, 9.17) is 0 Å². The van der Waals surface area contributed by atoms with E-state index < -0.39 is 7.05 Å². The molecule has 0 heterocycles. The van der Waals surface area contributed by atoms with Gasteiger partial charge in [-0.05, 0) is 84.0 Å². The zero-order valence-electron chi connectivity index (χ0n) is 21.8. The van der Waals surface area contributed by atoms with Crippen LogP contribution < -0.4 is 10.6 Å². The summed E-state index contributed by atoms with van der Waals surface area (Å²) in [6, 6.07) is 52.0. The fourth-order valence-corrected chi connectivity index (χ4v) is 7.76. The molecule has 0 fully saturated rings. The average molecular weight is 518 g/mol. The van der Waals surface area contributed by atoms with Crippen molar-refractivity contribution in [2.45, 2.75) is 0 Å². The van der Waals surface area contributed by atoms with Gasteiger partial charge in [0.1, 0.15) is 0 Å². The van der Waals surface area contributed by atoms with Crippen LogP contribution in [0.15, 0.2) is 146 Å². The number of benzene rings is 7. The smallest absolute Gasteiger partial charge is 0.0208 e. The monoisotopic (exact) mass is 517 g/mol. The van der Waals surface area contributed by atoms with E-state index in [1.165, 1.54) is 54.6 Å². The quantitative estimate of drug-likeness (QED) is 0.177. The van der Waals surface area contributed by atoms with Crippen molar-refractivity contribution in [3.05, 3.63) is 146 Å². The van der Waals surface area contributed by atoms with Crippen molar-refractivity contribution < 1.29 is 0 Å². The minimum atomic E-state index is -2.25. The SMILES string of the molecule is CP(=N)(c1ccccc1)c1cccc(-c2c3ccccc3c(-c3ccc4ccccc4c3)c3ccccc23)c1. The molecule has 0 aliphatic carbocycles. The Balaban J connectivity index is 1.52. The molecule has 0 saturated carbocycles. The second kappa shape index (κ2) is 9.38. The van der Waals surface area contributed by atoms with E-state index >= 15 is 0 Å². The molecule has 39 heavy (non-hydrogen) atoms. The molecular formula is C37H28NP. The molecule has 1 nitrogen and oxygen atoms in total. The molecule has 0 saturated heterocycles. The Morgan fingerprint density at radius 1 is 0.410 bits per heavy atom. The third-order valence-corrected chi connectivity index (χ3v) is 10.5. The van der Waals surface area contributed by atoms with Crippen LogP contribution in [0.4, 0.5) is 0 Å². The highest BCUT2D eigenvalue weighted by Gasteiger charge is 2.20. The van der Waals surface area contributed by atoms with Gasteiger partial charge in [-0.15, -0.1) is 0 Å². The van der Waals surface area contributed by atoms with Gasteiger partial charge in [0.25, 0.3) is 0 Å². The molecule has 0 aliphatic heterocycles. The lowest BCUT2D eigenvalue weighted by Crippen LogP contribution is -2.14. The number of fused-ring (bicyclic) bond motifs is 3. The molecule has 0 spiro atoms. The zero-order valence-corrected chi connectivity index (χ0v) is 22.7. The average Bonchev–Trinajstić information content (AvgIpc) is 3.00. The second-order valence-corrected chi connectivity index (χ2v) is 13.3. The summed E-state index contributed by atoms with van der Waals surface area (Å²) < 4.78 is 0. The summed E-state index contributed by atoms with van der Waals surface area (Å²) in [5, 5.41) is 19.1. The first kappa shape index (κ1) is 23.7. The van der Waals surface area contributed by atoms with Crippen molar-refractivity contribution in [3.8, 4) is 22.3 Å². The first-order valence-corrected chi connectivity index (χ1v) is 15.6. The first-order valence-electron chi connectivity index (χ1n) is 13.3. The van der Waals surface area contributed by atoms with Crippen molar-refractivity contribution in [3.63, 3.8) is 0 Å². The van der Waals surface area contributed by atoms with Crippen LogP contribution >= 0.6 is 7.05 Å². The Morgan fingerprint density at radius 3 is 1.51 bits per heavy atom. The van der Waals surface area contributed by atoms with Crippen molar-refractivity contribution in [2.24, 2.45) is 0 Å². The van der Waals surface area contributed by atoms with Gasteiger partial charge in [-0.1, -0.05) is 133 Å². The molecule has 186 valence electrons. The molecule has 0 aliphatic rings. The lowest BCUT2D eigenvalue weighted by molar-refractivity contribution is 1.58. The van der Waals surface area contributed by atoms with Gasteiger partial charge in [0.05, 0.1) is 0 Å². The predicted octanol–water partition coefficient (Wildman–Crippen LogP) is 9.84. The normalized spacial score (nSPS) is 13.1. The molecule has 0 bridgehead atoms. The van der Waals surface area contributed by atoms with Gasteiger partial charge in [-0.2, -0.15) is 0 Å². The number of hydrogen-bond donors (Lipinski definition) is 1. The van der Waals surface area contributed by atoms with Crippen LogP contribution in [0.5, 0.6) is 0 Å². The molecule has 7 rings (SSSR count). The summed E-state index contributed by atoms with van der Waals surface area (Å²) in [5.41, 5.74) is 4.91. The summed E-state index contributed by atoms with van der Waals surface area (Å²) in [4.78, 5) is 0. The molecule has 1 atom stereocenters. The van der Waals surface area contributed by atoms with Crippen LogP contribution in [0.25, 0.3) is 54.6 Å². The van der Waals surface area contributed by atoms with Gasteiger partial charge >= 0.3 is 0 Å². The van der Waals surface area contributed by atoms with E-state index in [9.17, 15) is 5.16 Å². The third-order valence-electron chi connectivity index (χ3n) is 7.89. The highest BCUT2D eigenvalue weighted by Crippen LogP contribution is 2.45. The fraction of sp³-hybridized carbons (Fsp3) is 0.0270. The molecule has 7 aromatic carbocycles. The Hall–Kier alpha value is -4.45. The molecule has 1 N–H and O–H groups in total. The van der Waals surface area contributed by atoms with Crippen LogP contribution in [0, 0.1) is 5.16 Å². The molecule has 2 heteroatoms. The van der Waals surface area contributed by atoms with Crippen molar-refractivity contribution in [1.29, 1.82) is 5.16 Å². The minimum Gasteiger partial charge on any atom is -0.310 e. The van der Waals surface area contributed by atoms with Crippen molar-refractivity contribution in [1.82, 2.24) is 0 Å². The zero-order chi connectivity index (χ0) is 26.4. The van der Waals surface area contributed by atoms with E-state index in [0.717, 1.165) is 10.6 Å². The van der Waals surface area contributed by atoms with Gasteiger partial charge in [0, 0.05) is 7.05 Å². The van der Waals surface area contributed by atoms with E-state index in [1.54, 1.807) is 0 Å². The molecule has 0 aromatic heterocycles. The number of nitrogens with one attached hydrogen (secondary N) is 1. The predicted molar refractivity (Wildman–Crippen MR) is 171 cm³/mol. The maximum atomic E-state index is 9.42. The maximum Gasteiger partial charge on any atom is 0.0208 e. The van der Waals surface area contributed by atoms with Gasteiger partial charge < -0.3 is 5.16 Å². The van der Waals surface area contributed by atoms with Crippen LogP contribution in [0.2, 0.25) is 0 Å². The van der Waals surface area contributed by atoms with Crippen LogP contribution in [0.1, 0.15) is 0 Å². The van der Waals surface area contributed by atoms with Crippen molar-refractivity contribution in [2.75, 3.05) is 6.66 Å². The molecular weight excluding hydrogens is 489 g/mol. The van der Waals surface area contributed by atoms with Crippen LogP contribution in [-0.2, 0) is 0 Å². The van der Waals surface area contributed by atoms with E-state index in [0.29, 0.717) is 0 Å². The van der Waals surface area contributed by atoms with E-state index in [-0.39, 0.29) is 0 Å². The summed E-state index contributed by atoms with van der Waals surface area (Å²) in [5.74, 6) is 0. The lowest BCUT2D eigenvalue weighted by Gasteiger charge is -2.21. The van der Waals surface area contributed by atoms with E-state index in [2.05, 4.69) is 134 Å². The standard InChI is InChI=1S/C37H28NP/c1-39(38,30-15-3-2-4-16-30)31-17-11-14-28(25-31)36-32-18-7-9-20-34(32)37(35-21-10-8-19-33(35)36)29-23-22-26-12-5-6-13-27(26)24-29/h2-25,38H,1H3. The summed E-state index contributed by atoms with van der Waals surface area (Å²) >= 11 is 0. The molecule has 0 amide bonds. The highest BCUT2D eigenvalue weighted by atomic mass is 31.2. The van der Waals surface area contributed by atoms with Gasteiger partial charge in [0.2, 0.25) is 0 Å². The Bertz CT molecular complexity index is 2000. The highest BCUT2D eigenvalue weighted by molar-refractivity contribution is 7.79. The fourth-order valence-electron chi connectivity index (χ4n) is 5.91.